The van der Waals surface area contributed by atoms with E-state index in [2.05, 4.69) is 38.2 Å². The number of allylic oxidation sites excluding steroid dienone is 3. The zero-order chi connectivity index (χ0) is 8.97. The molecule has 0 spiro atoms. The van der Waals surface area contributed by atoms with Crippen molar-refractivity contribution in [3.05, 3.63) is 24.3 Å². The fraction of sp³-hybridized carbons (Fsp3) is 0.636. The Morgan fingerprint density at radius 3 is 2.50 bits per heavy atom. The van der Waals surface area contributed by atoms with E-state index in [9.17, 15) is 0 Å². The maximum Gasteiger partial charge on any atom is 0.0252 e. The van der Waals surface area contributed by atoms with Gasteiger partial charge in [-0.1, -0.05) is 38.2 Å². The van der Waals surface area contributed by atoms with Crippen LogP contribution in [0.5, 0.6) is 0 Å². The van der Waals surface area contributed by atoms with Gasteiger partial charge < -0.3 is 5.73 Å². The van der Waals surface area contributed by atoms with Gasteiger partial charge >= 0.3 is 0 Å². The van der Waals surface area contributed by atoms with Gasteiger partial charge in [0, 0.05) is 6.04 Å². The first kappa shape index (κ1) is 9.53. The predicted molar refractivity (Wildman–Crippen MR) is 53.8 cm³/mol. The Hall–Kier alpha value is -0.560. The van der Waals surface area contributed by atoms with Gasteiger partial charge in [-0.05, 0) is 24.7 Å². The summed E-state index contributed by atoms with van der Waals surface area (Å²) in [5.74, 6) is 1.21. The minimum absolute atomic E-state index is 0.232. The fourth-order valence-electron chi connectivity index (χ4n) is 1.37. The molecular formula is C11H19N. The van der Waals surface area contributed by atoms with Crippen molar-refractivity contribution in [3.8, 4) is 0 Å². The van der Waals surface area contributed by atoms with Crippen molar-refractivity contribution in [1.29, 1.82) is 0 Å². The molecule has 1 rings (SSSR count). The van der Waals surface area contributed by atoms with Gasteiger partial charge in [0.15, 0.2) is 0 Å². The highest BCUT2D eigenvalue weighted by molar-refractivity contribution is 5.02. The predicted octanol–water partition coefficient (Wildman–Crippen LogP) is 2.49. The van der Waals surface area contributed by atoms with E-state index >= 15 is 0 Å². The van der Waals surface area contributed by atoms with E-state index in [1.165, 1.54) is 0 Å². The van der Waals surface area contributed by atoms with Crippen LogP contribution in [0.1, 0.15) is 26.7 Å². The molecule has 0 aromatic heterocycles. The second-order valence-electron chi connectivity index (χ2n) is 3.86. The fourth-order valence-corrected chi connectivity index (χ4v) is 1.37. The molecule has 3 atom stereocenters. The molecule has 1 aliphatic carbocycles. The van der Waals surface area contributed by atoms with E-state index in [-0.39, 0.29) is 6.04 Å². The van der Waals surface area contributed by atoms with Crippen LogP contribution in [0.3, 0.4) is 0 Å². The molecule has 12 heavy (non-hydrogen) atoms. The third-order valence-corrected chi connectivity index (χ3v) is 2.50. The summed E-state index contributed by atoms with van der Waals surface area (Å²) in [5, 5.41) is 0. The second-order valence-corrected chi connectivity index (χ2v) is 3.86. The zero-order valence-electron chi connectivity index (χ0n) is 8.03. The first-order valence-electron chi connectivity index (χ1n) is 4.79. The van der Waals surface area contributed by atoms with E-state index in [4.69, 9.17) is 5.73 Å². The van der Waals surface area contributed by atoms with Gasteiger partial charge in [0.1, 0.15) is 0 Å². The highest BCUT2D eigenvalue weighted by atomic mass is 14.6. The Bertz CT molecular complexity index is 181. The lowest BCUT2D eigenvalue weighted by atomic mass is 9.98. The number of rotatable bonds is 0. The summed E-state index contributed by atoms with van der Waals surface area (Å²) < 4.78 is 0. The number of nitrogens with two attached hydrogens (primary N) is 1. The second kappa shape index (κ2) is 4.46. The Labute approximate surface area is 75.3 Å². The third kappa shape index (κ3) is 2.82. The topological polar surface area (TPSA) is 26.0 Å². The van der Waals surface area contributed by atoms with Gasteiger partial charge in [-0.2, -0.15) is 0 Å². The molecule has 68 valence electrons. The van der Waals surface area contributed by atoms with Crippen molar-refractivity contribution in [2.75, 3.05) is 0 Å². The SMILES string of the molecule is CC1/C=C\C(N)C(C)C/C=C\C1. The van der Waals surface area contributed by atoms with Crippen molar-refractivity contribution in [2.24, 2.45) is 17.6 Å². The highest BCUT2D eigenvalue weighted by Crippen LogP contribution is 2.14. The molecule has 0 aliphatic heterocycles. The van der Waals surface area contributed by atoms with Crippen molar-refractivity contribution >= 4 is 0 Å². The molecular weight excluding hydrogens is 146 g/mol. The molecule has 0 radical (unpaired) electrons. The van der Waals surface area contributed by atoms with E-state index < -0.39 is 0 Å². The lowest BCUT2D eigenvalue weighted by Gasteiger charge is -2.13. The van der Waals surface area contributed by atoms with Crippen LogP contribution in [-0.4, -0.2) is 6.04 Å². The van der Waals surface area contributed by atoms with Crippen molar-refractivity contribution in [1.82, 2.24) is 0 Å². The quantitative estimate of drug-likeness (QED) is 0.548. The summed E-state index contributed by atoms with van der Waals surface area (Å²) in [4.78, 5) is 0. The van der Waals surface area contributed by atoms with Crippen molar-refractivity contribution in [3.63, 3.8) is 0 Å². The van der Waals surface area contributed by atoms with Gasteiger partial charge in [0.05, 0.1) is 0 Å². The summed E-state index contributed by atoms with van der Waals surface area (Å²) >= 11 is 0. The third-order valence-electron chi connectivity index (χ3n) is 2.50. The van der Waals surface area contributed by atoms with E-state index in [1.54, 1.807) is 0 Å². The van der Waals surface area contributed by atoms with Gasteiger partial charge in [0.2, 0.25) is 0 Å². The van der Waals surface area contributed by atoms with Crippen LogP contribution in [0.15, 0.2) is 24.3 Å². The molecule has 2 N–H and O–H groups in total. The monoisotopic (exact) mass is 165 g/mol. The molecule has 0 saturated carbocycles. The normalized spacial score (nSPS) is 42.4. The van der Waals surface area contributed by atoms with E-state index in [1.807, 2.05) is 0 Å². The molecule has 1 nitrogen and oxygen atoms in total. The van der Waals surface area contributed by atoms with Crippen LogP contribution in [0.4, 0.5) is 0 Å². The summed E-state index contributed by atoms with van der Waals surface area (Å²) in [7, 11) is 0. The Kier molecular flexibility index (Phi) is 3.54. The van der Waals surface area contributed by atoms with Gasteiger partial charge in [0.25, 0.3) is 0 Å². The highest BCUT2D eigenvalue weighted by Gasteiger charge is 2.09. The standard InChI is InChI=1S/C11H19N/c1-9-5-3-4-6-10(2)11(12)8-7-9/h3-4,7-11H,5-6,12H2,1-2H3/b4-3-,8-7-. The Morgan fingerprint density at radius 1 is 1.08 bits per heavy atom. The maximum atomic E-state index is 5.96. The molecule has 1 aliphatic rings. The molecule has 0 bridgehead atoms. The average molecular weight is 165 g/mol. The summed E-state index contributed by atoms with van der Waals surface area (Å²) in [5.41, 5.74) is 5.96. The average Bonchev–Trinajstić information content (AvgIpc) is 2.11. The molecule has 0 amide bonds. The lowest BCUT2D eigenvalue weighted by molar-refractivity contribution is 0.525. The largest absolute Gasteiger partial charge is 0.324 e. The first-order chi connectivity index (χ1) is 5.70. The molecule has 0 aromatic carbocycles. The van der Waals surface area contributed by atoms with Crippen LogP contribution in [0.25, 0.3) is 0 Å². The first-order valence-corrected chi connectivity index (χ1v) is 4.79. The summed E-state index contributed by atoms with van der Waals surface area (Å²) in [6.45, 7) is 4.43. The number of hydrogen-bond acceptors (Lipinski definition) is 1. The zero-order valence-corrected chi connectivity index (χ0v) is 8.03. The molecule has 3 unspecified atom stereocenters. The smallest absolute Gasteiger partial charge is 0.0252 e. The van der Waals surface area contributed by atoms with Crippen LogP contribution >= 0.6 is 0 Å². The van der Waals surface area contributed by atoms with Crippen LogP contribution < -0.4 is 5.73 Å². The van der Waals surface area contributed by atoms with Gasteiger partial charge in [-0.3, -0.25) is 0 Å². The molecule has 1 heteroatoms. The minimum atomic E-state index is 0.232. The molecule has 0 saturated heterocycles. The van der Waals surface area contributed by atoms with Crippen molar-refractivity contribution < 1.29 is 0 Å². The lowest BCUT2D eigenvalue weighted by Crippen LogP contribution is -2.25. The van der Waals surface area contributed by atoms with Crippen LogP contribution in [0.2, 0.25) is 0 Å². The van der Waals surface area contributed by atoms with E-state index in [0.29, 0.717) is 11.8 Å². The summed E-state index contributed by atoms with van der Waals surface area (Å²) in [6.07, 6.45) is 11.2. The van der Waals surface area contributed by atoms with Gasteiger partial charge in [-0.15, -0.1) is 0 Å². The maximum absolute atomic E-state index is 5.96. The van der Waals surface area contributed by atoms with Crippen LogP contribution in [-0.2, 0) is 0 Å². The molecule has 0 aromatic rings. The Balaban J connectivity index is 2.63. The number of hydrogen-bond donors (Lipinski definition) is 1. The van der Waals surface area contributed by atoms with Gasteiger partial charge in [-0.25, -0.2) is 0 Å². The molecule has 0 fully saturated rings. The van der Waals surface area contributed by atoms with E-state index in [0.717, 1.165) is 12.8 Å². The van der Waals surface area contributed by atoms with Crippen molar-refractivity contribution in [2.45, 2.75) is 32.7 Å². The Morgan fingerprint density at radius 2 is 1.75 bits per heavy atom. The van der Waals surface area contributed by atoms with Crippen LogP contribution in [0, 0.1) is 11.8 Å². The minimum Gasteiger partial charge on any atom is -0.324 e. The summed E-state index contributed by atoms with van der Waals surface area (Å²) in [6, 6.07) is 0.232. The molecule has 0 heterocycles.